The predicted octanol–water partition coefficient (Wildman–Crippen LogP) is 5.01. The minimum atomic E-state index is -2.00. The lowest BCUT2D eigenvalue weighted by molar-refractivity contribution is 0.103. The average molecular weight is 606 g/mol. The molecule has 0 bridgehead atoms. The Kier molecular flexibility index (Phi) is 9.49. The number of benzene rings is 1. The molecule has 40 heavy (non-hydrogen) atoms. The Morgan fingerprint density at radius 2 is 1.88 bits per heavy atom. The summed E-state index contributed by atoms with van der Waals surface area (Å²) >= 11 is 7.51. The van der Waals surface area contributed by atoms with Crippen molar-refractivity contribution in [3.8, 4) is 0 Å². The molecular formula is C28H40ClN7O2S2. The Labute approximate surface area is 247 Å². The van der Waals surface area contributed by atoms with Crippen LogP contribution in [0.15, 0.2) is 30.5 Å². The van der Waals surface area contributed by atoms with Gasteiger partial charge in [0.15, 0.2) is 5.13 Å². The normalized spacial score (nSPS) is 15.2. The van der Waals surface area contributed by atoms with Gasteiger partial charge in [-0.2, -0.15) is 0 Å². The number of anilines is 4. The maximum atomic E-state index is 12.8. The number of piperazine rings is 1. The van der Waals surface area contributed by atoms with Crippen molar-refractivity contribution in [1.82, 2.24) is 19.9 Å². The van der Waals surface area contributed by atoms with Gasteiger partial charge in [-0.15, -0.1) is 9.93 Å². The van der Waals surface area contributed by atoms with Crippen LogP contribution in [0.2, 0.25) is 5.02 Å². The van der Waals surface area contributed by atoms with Crippen LogP contribution < -0.4 is 15.5 Å². The number of hydrogen-bond acceptors (Lipinski definition) is 9. The fraction of sp³-hybridized carbons (Fsp3) is 0.500. The number of nitrogens with one attached hydrogen (secondary N) is 2. The summed E-state index contributed by atoms with van der Waals surface area (Å²) in [5.74, 6) is 2.70. The van der Waals surface area contributed by atoms with E-state index in [-0.39, 0.29) is 11.3 Å². The molecule has 1 saturated heterocycles. The Bertz CT molecular complexity index is 1380. The first kappa shape index (κ1) is 30.4. The van der Waals surface area contributed by atoms with E-state index >= 15 is 0 Å². The average Bonchev–Trinajstić information content (AvgIpc) is 3.33. The molecule has 3 aromatic rings. The molecule has 0 spiro atoms. The van der Waals surface area contributed by atoms with Crippen LogP contribution in [0.1, 0.15) is 41.3 Å². The number of thiol groups is 1. The van der Waals surface area contributed by atoms with E-state index in [4.69, 9.17) is 11.6 Å². The number of halogens is 1. The Morgan fingerprint density at radius 3 is 2.55 bits per heavy atom. The van der Waals surface area contributed by atoms with Gasteiger partial charge in [0, 0.05) is 44.5 Å². The number of nitrogens with zero attached hydrogens (tertiary/aromatic N) is 5. The topological polar surface area (TPSA) is 103 Å². The second kappa shape index (κ2) is 12.5. The number of carbonyl (C=O) groups is 1. The number of amides is 1. The molecular weight excluding hydrogens is 566 g/mol. The van der Waals surface area contributed by atoms with Crippen molar-refractivity contribution in [3.05, 3.63) is 51.7 Å². The lowest BCUT2D eigenvalue weighted by atomic mass is 9.89. The first-order valence-electron chi connectivity index (χ1n) is 13.4. The van der Waals surface area contributed by atoms with Gasteiger partial charge in [0.1, 0.15) is 22.3 Å². The molecule has 3 heterocycles. The van der Waals surface area contributed by atoms with Crippen LogP contribution in [0.25, 0.3) is 0 Å². The van der Waals surface area contributed by atoms with Gasteiger partial charge >= 0.3 is 0 Å². The summed E-state index contributed by atoms with van der Waals surface area (Å²) in [5, 5.41) is 7.19. The number of aryl methyl sites for hydroxylation is 2. The standard InChI is InChI=1S/C28H40ClN7O2S2/c1-19-8-7-9-21(29)25(19)34-26(37)22-17-30-27(39-22)33-23-16-24(32-20(2)31-23)36-13-11-35(12-14-36)18-28(3,4)10-15-40(5,6)38/h7-9,16-17,40H,10-15,18H2,1-6H3,(H,34,37)(H,30,31,32,33). The fourth-order valence-electron chi connectivity index (χ4n) is 4.68. The van der Waals surface area contributed by atoms with E-state index in [1.54, 1.807) is 12.3 Å². The second-order valence-electron chi connectivity index (χ2n) is 11.7. The molecule has 9 nitrogen and oxygen atoms in total. The molecule has 0 radical (unpaired) electrons. The van der Waals surface area contributed by atoms with Crippen LogP contribution in [0.3, 0.4) is 0 Å². The van der Waals surface area contributed by atoms with Crippen molar-refractivity contribution >= 4 is 61.2 Å². The number of para-hydroxylation sites is 1. The highest BCUT2D eigenvalue weighted by Crippen LogP contribution is 2.29. The van der Waals surface area contributed by atoms with Gasteiger partial charge in [-0.05, 0) is 49.8 Å². The van der Waals surface area contributed by atoms with Gasteiger partial charge in [-0.3, -0.25) is 13.9 Å². The van der Waals surface area contributed by atoms with Crippen molar-refractivity contribution in [2.45, 2.75) is 34.1 Å². The van der Waals surface area contributed by atoms with Crippen LogP contribution >= 0.6 is 22.9 Å². The lowest BCUT2D eigenvalue weighted by Crippen LogP contribution is -2.49. The summed E-state index contributed by atoms with van der Waals surface area (Å²) in [7, 11) is -2.00. The summed E-state index contributed by atoms with van der Waals surface area (Å²) in [6, 6.07) is 7.43. The van der Waals surface area contributed by atoms with Crippen LogP contribution in [0.4, 0.5) is 22.5 Å². The van der Waals surface area contributed by atoms with Gasteiger partial charge in [0.05, 0.1) is 16.9 Å². The number of hydrogen-bond donors (Lipinski definition) is 3. The molecule has 1 aliphatic rings. The van der Waals surface area contributed by atoms with Gasteiger partial charge in [0.25, 0.3) is 5.91 Å². The lowest BCUT2D eigenvalue weighted by Gasteiger charge is -2.39. The molecule has 0 unspecified atom stereocenters. The highest BCUT2D eigenvalue weighted by molar-refractivity contribution is 8.01. The third kappa shape index (κ3) is 8.45. The molecule has 0 saturated carbocycles. The van der Waals surface area contributed by atoms with Crippen LogP contribution in [-0.2, 0) is 9.93 Å². The minimum absolute atomic E-state index is 0.127. The number of rotatable bonds is 10. The minimum Gasteiger partial charge on any atom is -0.354 e. The van der Waals surface area contributed by atoms with Crippen LogP contribution in [-0.4, -0.2) is 81.0 Å². The van der Waals surface area contributed by atoms with Gasteiger partial charge in [-0.1, -0.05) is 48.9 Å². The summed E-state index contributed by atoms with van der Waals surface area (Å²) < 4.78 is 12.2. The maximum absolute atomic E-state index is 12.8. The Hall–Kier alpha value is -2.60. The zero-order chi connectivity index (χ0) is 29.1. The highest BCUT2D eigenvalue weighted by atomic mass is 35.5. The molecule has 1 fully saturated rings. The van der Waals surface area contributed by atoms with Gasteiger partial charge < -0.3 is 15.5 Å². The molecule has 12 heteroatoms. The van der Waals surface area contributed by atoms with E-state index in [1.165, 1.54) is 11.3 Å². The van der Waals surface area contributed by atoms with Gasteiger partial charge in [0.2, 0.25) is 0 Å². The maximum Gasteiger partial charge on any atom is 0.267 e. The number of aromatic nitrogens is 3. The van der Waals surface area contributed by atoms with E-state index in [1.807, 2.05) is 44.6 Å². The second-order valence-corrected chi connectivity index (χ2v) is 16.7. The number of thiazole rings is 1. The van der Waals surface area contributed by atoms with Crippen molar-refractivity contribution in [2.75, 3.05) is 66.5 Å². The molecule has 218 valence electrons. The third-order valence-electron chi connectivity index (χ3n) is 6.92. The van der Waals surface area contributed by atoms with Crippen molar-refractivity contribution < 1.29 is 9.00 Å². The molecule has 0 aliphatic carbocycles. The third-order valence-corrected chi connectivity index (χ3v) is 9.45. The summed E-state index contributed by atoms with van der Waals surface area (Å²) in [5.41, 5.74) is 1.62. The molecule has 1 amide bonds. The van der Waals surface area contributed by atoms with Crippen LogP contribution in [0.5, 0.6) is 0 Å². The summed E-state index contributed by atoms with van der Waals surface area (Å²) in [4.78, 5) is 31.7. The van der Waals surface area contributed by atoms with E-state index in [0.717, 1.165) is 56.3 Å². The molecule has 0 atom stereocenters. The fourth-order valence-corrected chi connectivity index (χ4v) is 6.81. The quantitative estimate of drug-likeness (QED) is 0.277. The molecule has 2 aromatic heterocycles. The SMILES string of the molecule is Cc1nc(Nc2ncc(C(=O)Nc3c(C)cccc3Cl)s2)cc(N2CCN(CC(C)(C)CC[SH](C)(C)=O)CC2)n1. The number of carbonyl (C=O) groups excluding carboxylic acids is 1. The van der Waals surface area contributed by atoms with Crippen LogP contribution in [0, 0.1) is 19.3 Å². The highest BCUT2D eigenvalue weighted by Gasteiger charge is 2.26. The van der Waals surface area contributed by atoms with E-state index < -0.39 is 9.93 Å². The van der Waals surface area contributed by atoms with Crippen molar-refractivity contribution in [1.29, 1.82) is 0 Å². The largest absolute Gasteiger partial charge is 0.354 e. The molecule has 2 N–H and O–H groups in total. The molecule has 1 aromatic carbocycles. The van der Waals surface area contributed by atoms with Crippen molar-refractivity contribution in [2.24, 2.45) is 5.41 Å². The zero-order valence-corrected chi connectivity index (χ0v) is 26.6. The first-order valence-corrected chi connectivity index (χ1v) is 17.4. The predicted molar refractivity (Wildman–Crippen MR) is 170 cm³/mol. The van der Waals surface area contributed by atoms with Gasteiger partial charge in [-0.25, -0.2) is 15.0 Å². The molecule has 4 rings (SSSR count). The monoisotopic (exact) mass is 605 g/mol. The Morgan fingerprint density at radius 1 is 1.15 bits per heavy atom. The Balaban J connectivity index is 1.35. The summed E-state index contributed by atoms with van der Waals surface area (Å²) in [6.45, 7) is 12.9. The smallest absolute Gasteiger partial charge is 0.267 e. The summed E-state index contributed by atoms with van der Waals surface area (Å²) in [6.07, 6.45) is 6.27. The zero-order valence-electron chi connectivity index (χ0n) is 24.1. The van der Waals surface area contributed by atoms with E-state index in [0.29, 0.717) is 32.4 Å². The van der Waals surface area contributed by atoms with E-state index in [2.05, 4.69) is 49.2 Å². The van der Waals surface area contributed by atoms with E-state index in [9.17, 15) is 9.00 Å². The van der Waals surface area contributed by atoms with Crippen molar-refractivity contribution in [3.63, 3.8) is 0 Å². The molecule has 1 aliphatic heterocycles. The first-order chi connectivity index (χ1) is 18.8.